The van der Waals surface area contributed by atoms with Crippen molar-refractivity contribution in [2.75, 3.05) is 12.4 Å². The Morgan fingerprint density at radius 1 is 1.22 bits per heavy atom. The molecule has 18 heavy (non-hydrogen) atoms. The van der Waals surface area contributed by atoms with E-state index >= 15 is 0 Å². The van der Waals surface area contributed by atoms with Crippen LogP contribution in [0.15, 0.2) is 43.0 Å². The van der Waals surface area contributed by atoms with Gasteiger partial charge in [0.2, 0.25) is 0 Å². The summed E-state index contributed by atoms with van der Waals surface area (Å²) < 4.78 is 1.33. The molecule has 0 aliphatic rings. The number of hydrogen-bond donors (Lipinski definition) is 2. The smallest absolute Gasteiger partial charge is 0.331 e. The maximum atomic E-state index is 11.7. The van der Waals surface area contributed by atoms with Crippen molar-refractivity contribution in [2.24, 2.45) is 0 Å². The molecule has 0 saturated carbocycles. The van der Waals surface area contributed by atoms with Crippen LogP contribution in [0.25, 0.3) is 0 Å². The molecule has 0 aliphatic carbocycles. The molecule has 1 heterocycles. The lowest BCUT2D eigenvalue weighted by Gasteiger charge is -2.06. The van der Waals surface area contributed by atoms with Crippen molar-refractivity contribution < 1.29 is 9.59 Å². The topological polar surface area (TPSA) is 76.0 Å². The van der Waals surface area contributed by atoms with E-state index in [4.69, 9.17) is 0 Å². The number of nitrogens with one attached hydrogen (secondary N) is 2. The van der Waals surface area contributed by atoms with Crippen molar-refractivity contribution in [3.05, 3.63) is 48.5 Å². The molecule has 0 aliphatic heterocycles. The van der Waals surface area contributed by atoms with Gasteiger partial charge in [0.1, 0.15) is 6.33 Å². The van der Waals surface area contributed by atoms with Gasteiger partial charge in [0.15, 0.2) is 0 Å². The van der Waals surface area contributed by atoms with Crippen molar-refractivity contribution in [1.29, 1.82) is 0 Å². The van der Waals surface area contributed by atoms with E-state index in [0.717, 1.165) is 0 Å². The van der Waals surface area contributed by atoms with Crippen LogP contribution in [0.2, 0.25) is 0 Å². The van der Waals surface area contributed by atoms with Crippen LogP contribution in [0.3, 0.4) is 0 Å². The summed E-state index contributed by atoms with van der Waals surface area (Å²) in [5.41, 5.74) is 1.15. The van der Waals surface area contributed by atoms with Crippen LogP contribution in [-0.2, 0) is 0 Å². The van der Waals surface area contributed by atoms with Crippen LogP contribution in [-0.4, -0.2) is 28.5 Å². The lowest BCUT2D eigenvalue weighted by molar-refractivity contribution is 0.0963. The molecule has 1 aromatic carbocycles. The fourth-order valence-corrected chi connectivity index (χ4v) is 1.42. The number of hydrogen-bond acceptors (Lipinski definition) is 3. The monoisotopic (exact) mass is 244 g/mol. The van der Waals surface area contributed by atoms with E-state index in [2.05, 4.69) is 15.6 Å². The lowest BCUT2D eigenvalue weighted by atomic mass is 10.2. The van der Waals surface area contributed by atoms with Crippen molar-refractivity contribution in [3.8, 4) is 0 Å². The number of amides is 2. The molecule has 2 rings (SSSR count). The Morgan fingerprint density at radius 3 is 2.50 bits per heavy atom. The van der Waals surface area contributed by atoms with Crippen LogP contribution in [0, 0.1) is 0 Å². The molecule has 0 unspecified atom stereocenters. The Labute approximate surface area is 104 Å². The highest BCUT2D eigenvalue weighted by atomic mass is 16.2. The summed E-state index contributed by atoms with van der Waals surface area (Å²) in [7, 11) is 1.57. The third-order valence-electron chi connectivity index (χ3n) is 2.36. The summed E-state index contributed by atoms with van der Waals surface area (Å²) in [6, 6.07) is 6.31. The average molecular weight is 244 g/mol. The zero-order valence-electron chi connectivity index (χ0n) is 9.75. The lowest BCUT2D eigenvalue weighted by Crippen LogP contribution is -2.19. The minimum absolute atomic E-state index is 0.164. The first-order valence-corrected chi connectivity index (χ1v) is 5.32. The number of carbonyl (C=O) groups excluding carboxylic acids is 2. The minimum Gasteiger partial charge on any atom is -0.355 e. The number of anilines is 1. The van der Waals surface area contributed by atoms with E-state index in [9.17, 15) is 9.59 Å². The molecular formula is C12H12N4O2. The molecule has 2 amide bonds. The molecule has 6 heteroatoms. The van der Waals surface area contributed by atoms with Gasteiger partial charge in [-0.25, -0.2) is 9.78 Å². The summed E-state index contributed by atoms with van der Waals surface area (Å²) in [6.45, 7) is 0. The fourth-order valence-electron chi connectivity index (χ4n) is 1.42. The maximum Gasteiger partial charge on any atom is 0.331 e. The predicted molar refractivity (Wildman–Crippen MR) is 66.5 cm³/mol. The Balaban J connectivity index is 2.07. The normalized spacial score (nSPS) is 9.83. The number of imidazole rings is 1. The molecule has 2 N–H and O–H groups in total. The summed E-state index contributed by atoms with van der Waals surface area (Å²) in [6.07, 6.45) is 4.48. The third-order valence-corrected chi connectivity index (χ3v) is 2.36. The van der Waals surface area contributed by atoms with Crippen LogP contribution in [0.5, 0.6) is 0 Å². The molecule has 0 radical (unpaired) electrons. The van der Waals surface area contributed by atoms with Gasteiger partial charge in [-0.05, 0) is 24.3 Å². The first-order valence-electron chi connectivity index (χ1n) is 5.32. The summed E-state index contributed by atoms with van der Waals surface area (Å²) in [4.78, 5) is 26.8. The van der Waals surface area contributed by atoms with E-state index in [1.807, 2.05) is 0 Å². The summed E-state index contributed by atoms with van der Waals surface area (Å²) >= 11 is 0. The zero-order chi connectivity index (χ0) is 13.0. The number of nitrogens with zero attached hydrogens (tertiary/aromatic N) is 2. The van der Waals surface area contributed by atoms with Gasteiger partial charge in [0.25, 0.3) is 5.91 Å². The second-order valence-corrected chi connectivity index (χ2v) is 3.56. The Bertz CT molecular complexity index is 546. The highest BCUT2D eigenvalue weighted by Crippen LogP contribution is 2.09. The quantitative estimate of drug-likeness (QED) is 0.836. The Morgan fingerprint density at radius 2 is 1.94 bits per heavy atom. The molecule has 0 spiro atoms. The van der Waals surface area contributed by atoms with Crippen LogP contribution in [0.4, 0.5) is 10.5 Å². The molecule has 1 aromatic heterocycles. The number of rotatable bonds is 2. The Hall–Kier alpha value is -2.63. The van der Waals surface area contributed by atoms with Gasteiger partial charge in [-0.2, -0.15) is 0 Å². The molecule has 2 aromatic rings. The molecular weight excluding hydrogens is 232 g/mol. The predicted octanol–water partition coefficient (Wildman–Crippen LogP) is 1.32. The zero-order valence-corrected chi connectivity index (χ0v) is 9.75. The number of benzene rings is 1. The second-order valence-electron chi connectivity index (χ2n) is 3.56. The SMILES string of the molecule is CNC(=O)c1ccc(NC(=O)n2ccnc2)cc1. The van der Waals surface area contributed by atoms with Gasteiger partial charge in [-0.15, -0.1) is 0 Å². The highest BCUT2D eigenvalue weighted by Gasteiger charge is 2.05. The molecule has 0 saturated heterocycles. The molecule has 0 fully saturated rings. The summed E-state index contributed by atoms with van der Waals surface area (Å²) in [5, 5.41) is 5.21. The third kappa shape index (κ3) is 2.54. The highest BCUT2D eigenvalue weighted by molar-refractivity contribution is 5.95. The van der Waals surface area contributed by atoms with Gasteiger partial charge in [0, 0.05) is 30.7 Å². The largest absolute Gasteiger partial charge is 0.355 e. The standard InChI is InChI=1S/C12H12N4O2/c1-13-11(17)9-2-4-10(5-3-9)15-12(18)16-7-6-14-8-16/h2-8H,1H3,(H,13,17)(H,15,18). The van der Waals surface area contributed by atoms with Crippen LogP contribution < -0.4 is 10.6 Å². The van der Waals surface area contributed by atoms with Crippen molar-refractivity contribution >= 4 is 17.6 Å². The maximum absolute atomic E-state index is 11.7. The van der Waals surface area contributed by atoms with Gasteiger partial charge < -0.3 is 10.6 Å². The van der Waals surface area contributed by atoms with E-state index in [1.165, 1.54) is 17.1 Å². The van der Waals surface area contributed by atoms with Gasteiger partial charge in [0.05, 0.1) is 0 Å². The average Bonchev–Trinajstić information content (AvgIpc) is 2.92. The first kappa shape index (κ1) is 11.8. The van der Waals surface area contributed by atoms with Crippen molar-refractivity contribution in [3.63, 3.8) is 0 Å². The van der Waals surface area contributed by atoms with Crippen LogP contribution >= 0.6 is 0 Å². The molecule has 0 atom stereocenters. The minimum atomic E-state index is -0.305. The van der Waals surface area contributed by atoms with E-state index in [-0.39, 0.29) is 11.9 Å². The van der Waals surface area contributed by atoms with Crippen LogP contribution in [0.1, 0.15) is 10.4 Å². The van der Waals surface area contributed by atoms with Gasteiger partial charge in [-0.3, -0.25) is 9.36 Å². The second kappa shape index (κ2) is 5.13. The number of carbonyl (C=O) groups is 2. The first-order chi connectivity index (χ1) is 8.70. The van der Waals surface area contributed by atoms with Crippen molar-refractivity contribution in [1.82, 2.24) is 14.9 Å². The summed E-state index contributed by atoms with van der Waals surface area (Å²) in [5.74, 6) is -0.164. The van der Waals surface area contributed by atoms with Crippen molar-refractivity contribution in [2.45, 2.75) is 0 Å². The fraction of sp³-hybridized carbons (Fsp3) is 0.0833. The van der Waals surface area contributed by atoms with Gasteiger partial charge >= 0.3 is 6.03 Å². The van der Waals surface area contributed by atoms with E-state index in [0.29, 0.717) is 11.3 Å². The number of aromatic nitrogens is 2. The van der Waals surface area contributed by atoms with E-state index in [1.54, 1.807) is 37.5 Å². The van der Waals surface area contributed by atoms with Gasteiger partial charge in [-0.1, -0.05) is 0 Å². The molecule has 92 valence electrons. The molecule has 6 nitrogen and oxygen atoms in total. The molecule has 0 bridgehead atoms. The Kier molecular flexibility index (Phi) is 3.38. The van der Waals surface area contributed by atoms with E-state index < -0.39 is 0 Å².